The topological polar surface area (TPSA) is 169 Å². The van der Waals surface area contributed by atoms with Crippen LogP contribution in [0.15, 0.2) is 109 Å². The average molecular weight is 502 g/mol. The van der Waals surface area contributed by atoms with Gasteiger partial charge in [0.2, 0.25) is 11.0 Å². The van der Waals surface area contributed by atoms with Crippen molar-refractivity contribution < 1.29 is 44.7 Å². The SMILES string of the molecule is O=C(O)C1=C(c2ccccc2)C=CC(C(=O)O)(C(=O)O)C1(O)C(=O)O.c1ccc(-c2ccccc2)cc1. The smallest absolute Gasteiger partial charge is 0.342 e. The molecular formula is C28H22O9. The van der Waals surface area contributed by atoms with Crippen LogP contribution in [0, 0.1) is 5.41 Å². The molecule has 0 bridgehead atoms. The summed E-state index contributed by atoms with van der Waals surface area (Å²) in [6.07, 6.45) is 1.35. The summed E-state index contributed by atoms with van der Waals surface area (Å²) in [5.41, 5.74) is -5.99. The van der Waals surface area contributed by atoms with Crippen molar-refractivity contribution in [2.45, 2.75) is 5.60 Å². The third kappa shape index (κ3) is 4.75. The van der Waals surface area contributed by atoms with E-state index < -0.39 is 40.5 Å². The minimum Gasteiger partial charge on any atom is -0.480 e. The van der Waals surface area contributed by atoms with Crippen molar-refractivity contribution in [2.75, 3.05) is 0 Å². The first-order valence-corrected chi connectivity index (χ1v) is 10.8. The average Bonchev–Trinajstić information content (AvgIpc) is 2.89. The van der Waals surface area contributed by atoms with Crippen LogP contribution in [0.25, 0.3) is 16.7 Å². The number of benzene rings is 3. The predicted octanol–water partition coefficient (Wildman–Crippen LogP) is 3.42. The van der Waals surface area contributed by atoms with Crippen LogP contribution in [0.1, 0.15) is 5.56 Å². The van der Waals surface area contributed by atoms with Gasteiger partial charge in [-0.05, 0) is 22.3 Å². The number of carboxylic acid groups (broad SMARTS) is 4. The Hall–Kier alpha value is -5.02. The second-order valence-electron chi connectivity index (χ2n) is 7.96. The van der Waals surface area contributed by atoms with E-state index in [0.29, 0.717) is 6.08 Å². The monoisotopic (exact) mass is 502 g/mol. The van der Waals surface area contributed by atoms with Gasteiger partial charge in [-0.25, -0.2) is 9.59 Å². The third-order valence-corrected chi connectivity index (χ3v) is 5.87. The van der Waals surface area contributed by atoms with Crippen molar-refractivity contribution in [3.05, 3.63) is 114 Å². The summed E-state index contributed by atoms with van der Waals surface area (Å²) in [6.45, 7) is 0. The molecule has 5 N–H and O–H groups in total. The molecule has 9 nitrogen and oxygen atoms in total. The van der Waals surface area contributed by atoms with E-state index in [1.165, 1.54) is 35.4 Å². The summed E-state index contributed by atoms with van der Waals surface area (Å²) in [6, 6.07) is 28.2. The van der Waals surface area contributed by atoms with Crippen molar-refractivity contribution in [3.8, 4) is 11.1 Å². The molecule has 0 saturated carbocycles. The Labute approximate surface area is 210 Å². The van der Waals surface area contributed by atoms with E-state index in [1.807, 2.05) is 12.1 Å². The molecule has 4 rings (SSSR count). The number of aliphatic carboxylic acids is 4. The lowest BCUT2D eigenvalue weighted by molar-refractivity contribution is -0.188. The van der Waals surface area contributed by atoms with E-state index in [-0.39, 0.29) is 11.1 Å². The van der Waals surface area contributed by atoms with Crippen molar-refractivity contribution in [3.63, 3.8) is 0 Å². The van der Waals surface area contributed by atoms with Crippen molar-refractivity contribution in [1.82, 2.24) is 0 Å². The summed E-state index contributed by atoms with van der Waals surface area (Å²) >= 11 is 0. The normalized spacial score (nSPS) is 17.8. The Kier molecular flexibility index (Phi) is 7.70. The van der Waals surface area contributed by atoms with Gasteiger partial charge < -0.3 is 25.5 Å². The summed E-state index contributed by atoms with van der Waals surface area (Å²) in [5, 5.41) is 48.1. The van der Waals surface area contributed by atoms with Crippen LogP contribution in [0.3, 0.4) is 0 Å². The van der Waals surface area contributed by atoms with Crippen LogP contribution >= 0.6 is 0 Å². The minimum absolute atomic E-state index is 0.167. The first kappa shape index (κ1) is 26.6. The van der Waals surface area contributed by atoms with Gasteiger partial charge in [-0.3, -0.25) is 9.59 Å². The Bertz CT molecular complexity index is 1330. The Morgan fingerprint density at radius 1 is 0.541 bits per heavy atom. The fourth-order valence-electron chi connectivity index (χ4n) is 4.01. The number of hydrogen-bond acceptors (Lipinski definition) is 5. The number of aliphatic hydroxyl groups is 1. The van der Waals surface area contributed by atoms with Crippen molar-refractivity contribution in [1.29, 1.82) is 0 Å². The molecular weight excluding hydrogens is 480 g/mol. The van der Waals surface area contributed by atoms with Crippen LogP contribution in [0.4, 0.5) is 0 Å². The molecule has 1 aliphatic carbocycles. The third-order valence-electron chi connectivity index (χ3n) is 5.87. The van der Waals surface area contributed by atoms with Gasteiger partial charge in [0, 0.05) is 0 Å². The zero-order valence-electron chi connectivity index (χ0n) is 19.2. The highest BCUT2D eigenvalue weighted by Crippen LogP contribution is 2.47. The van der Waals surface area contributed by atoms with Gasteiger partial charge in [0.05, 0.1) is 5.57 Å². The van der Waals surface area contributed by atoms with Crippen LogP contribution in [0.5, 0.6) is 0 Å². The molecule has 9 heteroatoms. The molecule has 188 valence electrons. The molecule has 1 unspecified atom stereocenters. The lowest BCUT2D eigenvalue weighted by Gasteiger charge is -2.39. The quantitative estimate of drug-likeness (QED) is 0.317. The van der Waals surface area contributed by atoms with Crippen LogP contribution in [-0.4, -0.2) is 55.0 Å². The molecule has 1 atom stereocenters. The number of rotatable bonds is 6. The number of carbonyl (C=O) groups is 4. The molecule has 0 radical (unpaired) electrons. The Morgan fingerprint density at radius 3 is 1.24 bits per heavy atom. The maximum absolute atomic E-state index is 11.7. The van der Waals surface area contributed by atoms with E-state index in [0.717, 1.165) is 6.08 Å². The fourth-order valence-corrected chi connectivity index (χ4v) is 4.01. The Morgan fingerprint density at radius 2 is 0.919 bits per heavy atom. The predicted molar refractivity (Wildman–Crippen MR) is 132 cm³/mol. The highest BCUT2D eigenvalue weighted by molar-refractivity contribution is 6.17. The van der Waals surface area contributed by atoms with Gasteiger partial charge in [-0.15, -0.1) is 0 Å². The molecule has 0 spiro atoms. The van der Waals surface area contributed by atoms with Gasteiger partial charge in [-0.1, -0.05) is 103 Å². The lowest BCUT2D eigenvalue weighted by Crippen LogP contribution is -2.64. The van der Waals surface area contributed by atoms with E-state index in [2.05, 4.69) is 48.5 Å². The summed E-state index contributed by atoms with van der Waals surface area (Å²) in [7, 11) is 0. The first-order chi connectivity index (χ1) is 17.6. The van der Waals surface area contributed by atoms with Gasteiger partial charge in [0.25, 0.3) is 0 Å². The second-order valence-corrected chi connectivity index (χ2v) is 7.96. The van der Waals surface area contributed by atoms with Crippen molar-refractivity contribution in [2.24, 2.45) is 5.41 Å². The number of carboxylic acids is 4. The number of hydrogen-bond donors (Lipinski definition) is 5. The van der Waals surface area contributed by atoms with Crippen LogP contribution < -0.4 is 0 Å². The van der Waals surface area contributed by atoms with Crippen LogP contribution in [-0.2, 0) is 19.2 Å². The van der Waals surface area contributed by atoms with E-state index >= 15 is 0 Å². The van der Waals surface area contributed by atoms with Gasteiger partial charge >= 0.3 is 23.9 Å². The molecule has 0 aliphatic heterocycles. The van der Waals surface area contributed by atoms with E-state index in [9.17, 15) is 44.7 Å². The van der Waals surface area contributed by atoms with Gasteiger partial charge in [-0.2, -0.15) is 0 Å². The minimum atomic E-state index is -3.74. The summed E-state index contributed by atoms with van der Waals surface area (Å²) in [4.78, 5) is 46.5. The molecule has 37 heavy (non-hydrogen) atoms. The maximum atomic E-state index is 11.7. The van der Waals surface area contributed by atoms with Crippen LogP contribution in [0.2, 0.25) is 0 Å². The zero-order chi connectivity index (χ0) is 27.2. The molecule has 0 amide bonds. The highest BCUT2D eigenvalue weighted by Gasteiger charge is 2.70. The largest absolute Gasteiger partial charge is 0.480 e. The summed E-state index contributed by atoms with van der Waals surface area (Å²) in [5.74, 6) is -8.70. The second kappa shape index (κ2) is 10.7. The molecule has 0 fully saturated rings. The van der Waals surface area contributed by atoms with E-state index in [1.54, 1.807) is 6.07 Å². The van der Waals surface area contributed by atoms with Gasteiger partial charge in [0.1, 0.15) is 0 Å². The molecule has 0 heterocycles. The molecule has 0 saturated heterocycles. The maximum Gasteiger partial charge on any atom is 0.342 e. The Balaban J connectivity index is 0.000000262. The zero-order valence-corrected chi connectivity index (χ0v) is 19.2. The van der Waals surface area contributed by atoms with Gasteiger partial charge in [0.15, 0.2) is 0 Å². The van der Waals surface area contributed by atoms with E-state index in [4.69, 9.17) is 0 Å². The van der Waals surface area contributed by atoms with Crippen molar-refractivity contribution >= 4 is 29.5 Å². The lowest BCUT2D eigenvalue weighted by atomic mass is 9.63. The fraction of sp³-hybridized carbons (Fsp3) is 0.0714. The molecule has 3 aromatic carbocycles. The first-order valence-electron chi connectivity index (χ1n) is 10.8. The molecule has 1 aliphatic rings. The highest BCUT2D eigenvalue weighted by atomic mass is 16.4. The number of allylic oxidation sites excluding steroid dienone is 2. The summed E-state index contributed by atoms with van der Waals surface area (Å²) < 4.78 is 0. The standard InChI is InChI=1S/C16H12O9.C12H10/c17-11(18)10-9(8-4-2-1-3-5-8)6-7-15(12(19)20,13(21)22)16(10,25)14(23)24;1-3-7-11(8-4-1)12-9-5-2-6-10-12/h1-7,25H,(H,17,18)(H,19,20)(H,21,22)(H,23,24);1-10H. The molecule has 0 aromatic heterocycles. The molecule has 3 aromatic rings.